The SMILES string of the molecule is COc1cc(O)c(O)c2c1CC[C@@H](c1ccccc1)O2. The lowest BCUT2D eigenvalue weighted by molar-refractivity contribution is 0.165. The molecule has 0 unspecified atom stereocenters. The van der Waals surface area contributed by atoms with Crippen LogP contribution in [0.5, 0.6) is 23.0 Å². The molecule has 0 spiro atoms. The van der Waals surface area contributed by atoms with E-state index in [0.29, 0.717) is 11.5 Å². The fourth-order valence-electron chi connectivity index (χ4n) is 2.58. The molecule has 4 heteroatoms. The van der Waals surface area contributed by atoms with Gasteiger partial charge in [-0.15, -0.1) is 0 Å². The molecule has 4 nitrogen and oxygen atoms in total. The largest absolute Gasteiger partial charge is 0.504 e. The summed E-state index contributed by atoms with van der Waals surface area (Å²) in [5, 5.41) is 19.7. The third-order valence-electron chi connectivity index (χ3n) is 3.60. The molecular formula is C16H16O4. The summed E-state index contributed by atoms with van der Waals surface area (Å²) in [5.41, 5.74) is 1.86. The molecule has 1 aliphatic heterocycles. The lowest BCUT2D eigenvalue weighted by atomic mass is 9.96. The highest BCUT2D eigenvalue weighted by atomic mass is 16.5. The Morgan fingerprint density at radius 1 is 1.20 bits per heavy atom. The minimum atomic E-state index is -0.227. The molecule has 1 aliphatic rings. The first-order chi connectivity index (χ1) is 9.70. The van der Waals surface area contributed by atoms with Crippen molar-refractivity contribution in [3.63, 3.8) is 0 Å². The van der Waals surface area contributed by atoms with Gasteiger partial charge in [0.2, 0.25) is 5.75 Å². The Hall–Kier alpha value is -2.36. The predicted octanol–water partition coefficient (Wildman–Crippen LogP) is 3.17. The second-order valence-corrected chi connectivity index (χ2v) is 4.81. The highest BCUT2D eigenvalue weighted by molar-refractivity contribution is 5.61. The van der Waals surface area contributed by atoms with Gasteiger partial charge in [-0.3, -0.25) is 0 Å². The van der Waals surface area contributed by atoms with Crippen molar-refractivity contribution in [3.8, 4) is 23.0 Å². The Morgan fingerprint density at radius 2 is 1.95 bits per heavy atom. The average Bonchev–Trinajstić information content (AvgIpc) is 2.51. The van der Waals surface area contributed by atoms with E-state index in [-0.39, 0.29) is 17.6 Å². The molecule has 0 radical (unpaired) electrons. The molecule has 0 aromatic heterocycles. The molecule has 0 bridgehead atoms. The van der Waals surface area contributed by atoms with Crippen LogP contribution in [-0.4, -0.2) is 17.3 Å². The van der Waals surface area contributed by atoms with Crippen LogP contribution in [0.2, 0.25) is 0 Å². The zero-order valence-corrected chi connectivity index (χ0v) is 11.2. The van der Waals surface area contributed by atoms with Crippen molar-refractivity contribution in [1.29, 1.82) is 0 Å². The van der Waals surface area contributed by atoms with E-state index in [2.05, 4.69) is 0 Å². The number of methoxy groups -OCH3 is 1. The molecule has 0 fully saturated rings. The standard InChI is InChI=1S/C16H16O4/c1-19-14-9-12(17)15(18)16-11(14)7-8-13(20-16)10-5-3-2-4-6-10/h2-6,9,13,17-18H,7-8H2,1H3/t13-/m0/s1. The minimum absolute atomic E-state index is 0.124. The van der Waals surface area contributed by atoms with Gasteiger partial charge in [0.1, 0.15) is 11.9 Å². The third-order valence-corrected chi connectivity index (χ3v) is 3.60. The van der Waals surface area contributed by atoms with Crippen LogP contribution in [0.25, 0.3) is 0 Å². The second kappa shape index (κ2) is 4.96. The Bertz CT molecular complexity index is 622. The van der Waals surface area contributed by atoms with Gasteiger partial charge < -0.3 is 19.7 Å². The van der Waals surface area contributed by atoms with Crippen LogP contribution in [0.1, 0.15) is 23.7 Å². The quantitative estimate of drug-likeness (QED) is 0.824. The first-order valence-corrected chi connectivity index (χ1v) is 6.54. The number of benzene rings is 2. The summed E-state index contributed by atoms with van der Waals surface area (Å²) in [6, 6.07) is 11.3. The van der Waals surface area contributed by atoms with E-state index in [9.17, 15) is 10.2 Å². The number of phenolic OH excluding ortho intramolecular Hbond substituents is 2. The zero-order valence-electron chi connectivity index (χ0n) is 11.2. The normalized spacial score (nSPS) is 17.1. The molecule has 2 aromatic rings. The van der Waals surface area contributed by atoms with E-state index in [4.69, 9.17) is 9.47 Å². The Kier molecular flexibility index (Phi) is 3.14. The minimum Gasteiger partial charge on any atom is -0.504 e. The van der Waals surface area contributed by atoms with E-state index in [1.54, 1.807) is 0 Å². The summed E-state index contributed by atoms with van der Waals surface area (Å²) in [6.07, 6.45) is 1.41. The van der Waals surface area contributed by atoms with E-state index in [1.807, 2.05) is 30.3 Å². The number of rotatable bonds is 2. The van der Waals surface area contributed by atoms with Crippen molar-refractivity contribution < 1.29 is 19.7 Å². The molecule has 3 rings (SSSR count). The van der Waals surface area contributed by atoms with Gasteiger partial charge in [-0.25, -0.2) is 0 Å². The van der Waals surface area contributed by atoms with Crippen LogP contribution in [-0.2, 0) is 6.42 Å². The predicted molar refractivity (Wildman–Crippen MR) is 74.5 cm³/mol. The van der Waals surface area contributed by atoms with Gasteiger partial charge in [0, 0.05) is 11.6 Å². The van der Waals surface area contributed by atoms with Gasteiger partial charge in [0.05, 0.1) is 7.11 Å². The van der Waals surface area contributed by atoms with Crippen LogP contribution < -0.4 is 9.47 Å². The molecule has 0 amide bonds. The molecule has 0 saturated carbocycles. The molecule has 2 N–H and O–H groups in total. The monoisotopic (exact) mass is 272 g/mol. The van der Waals surface area contributed by atoms with E-state index in [1.165, 1.54) is 13.2 Å². The van der Waals surface area contributed by atoms with Gasteiger partial charge in [-0.05, 0) is 18.4 Å². The molecule has 20 heavy (non-hydrogen) atoms. The van der Waals surface area contributed by atoms with Crippen LogP contribution in [0.15, 0.2) is 36.4 Å². The van der Waals surface area contributed by atoms with Crippen molar-refractivity contribution in [3.05, 3.63) is 47.5 Å². The first-order valence-electron chi connectivity index (χ1n) is 6.54. The number of phenols is 2. The van der Waals surface area contributed by atoms with Crippen molar-refractivity contribution in [2.75, 3.05) is 7.11 Å². The van der Waals surface area contributed by atoms with Crippen molar-refractivity contribution in [1.82, 2.24) is 0 Å². The highest BCUT2D eigenvalue weighted by Gasteiger charge is 2.28. The van der Waals surface area contributed by atoms with Crippen molar-refractivity contribution >= 4 is 0 Å². The summed E-state index contributed by atoms with van der Waals surface area (Å²) in [5.74, 6) is 0.416. The average molecular weight is 272 g/mol. The van der Waals surface area contributed by atoms with Crippen LogP contribution >= 0.6 is 0 Å². The summed E-state index contributed by atoms with van der Waals surface area (Å²) in [4.78, 5) is 0. The number of ether oxygens (including phenoxy) is 2. The summed E-state index contributed by atoms with van der Waals surface area (Å²) < 4.78 is 11.1. The van der Waals surface area contributed by atoms with Gasteiger partial charge in [-0.2, -0.15) is 0 Å². The maximum atomic E-state index is 10.00. The molecule has 1 atom stereocenters. The molecule has 0 aliphatic carbocycles. The topological polar surface area (TPSA) is 58.9 Å². The number of hydrogen-bond donors (Lipinski definition) is 2. The third kappa shape index (κ3) is 2.03. The van der Waals surface area contributed by atoms with Crippen LogP contribution in [0, 0.1) is 0 Å². The zero-order chi connectivity index (χ0) is 14.1. The van der Waals surface area contributed by atoms with Crippen LogP contribution in [0.4, 0.5) is 0 Å². The summed E-state index contributed by atoms with van der Waals surface area (Å²) in [7, 11) is 1.54. The van der Waals surface area contributed by atoms with Gasteiger partial charge >= 0.3 is 0 Å². The number of fused-ring (bicyclic) bond motifs is 1. The fraction of sp³-hybridized carbons (Fsp3) is 0.250. The molecule has 0 saturated heterocycles. The number of hydrogen-bond acceptors (Lipinski definition) is 4. The lowest BCUT2D eigenvalue weighted by Gasteiger charge is -2.28. The number of aromatic hydroxyl groups is 2. The van der Waals surface area contributed by atoms with Crippen LogP contribution in [0.3, 0.4) is 0 Å². The highest BCUT2D eigenvalue weighted by Crippen LogP contribution is 2.49. The summed E-state index contributed by atoms with van der Waals surface area (Å²) in [6.45, 7) is 0. The van der Waals surface area contributed by atoms with E-state index >= 15 is 0 Å². The van der Waals surface area contributed by atoms with Crippen molar-refractivity contribution in [2.45, 2.75) is 18.9 Å². The summed E-state index contributed by atoms with van der Waals surface area (Å²) >= 11 is 0. The maximum absolute atomic E-state index is 10.00. The smallest absolute Gasteiger partial charge is 0.201 e. The van der Waals surface area contributed by atoms with Gasteiger partial charge in [-0.1, -0.05) is 30.3 Å². The first kappa shape index (κ1) is 12.7. The molecule has 104 valence electrons. The second-order valence-electron chi connectivity index (χ2n) is 4.81. The van der Waals surface area contributed by atoms with E-state index in [0.717, 1.165) is 24.0 Å². The fourth-order valence-corrected chi connectivity index (χ4v) is 2.58. The Labute approximate surface area is 117 Å². The Balaban J connectivity index is 2.01. The van der Waals surface area contributed by atoms with Gasteiger partial charge in [0.25, 0.3) is 0 Å². The molecule has 1 heterocycles. The van der Waals surface area contributed by atoms with Gasteiger partial charge in [0.15, 0.2) is 11.5 Å². The van der Waals surface area contributed by atoms with Crippen molar-refractivity contribution in [2.24, 2.45) is 0 Å². The van der Waals surface area contributed by atoms with E-state index < -0.39 is 0 Å². The molecule has 2 aromatic carbocycles. The Morgan fingerprint density at radius 3 is 2.65 bits per heavy atom. The maximum Gasteiger partial charge on any atom is 0.201 e. The lowest BCUT2D eigenvalue weighted by Crippen LogP contribution is -2.16. The molecular weight excluding hydrogens is 256 g/mol.